The predicted octanol–water partition coefficient (Wildman–Crippen LogP) is -0.0575. The van der Waals surface area contributed by atoms with E-state index in [1.54, 1.807) is 13.3 Å². The zero-order valence-electron chi connectivity index (χ0n) is 9.39. The first-order valence-electron chi connectivity index (χ1n) is 5.61. The molecule has 0 bridgehead atoms. The summed E-state index contributed by atoms with van der Waals surface area (Å²) >= 11 is 0. The highest BCUT2D eigenvalue weighted by atomic mass is 16.3. The zero-order valence-corrected chi connectivity index (χ0v) is 9.39. The molecule has 2 rings (SSSR count). The Morgan fingerprint density at radius 1 is 1.81 bits per heavy atom. The molecule has 2 unspecified atom stereocenters. The van der Waals surface area contributed by atoms with Gasteiger partial charge >= 0.3 is 0 Å². The molecule has 1 aromatic heterocycles. The second-order valence-corrected chi connectivity index (χ2v) is 4.36. The molecule has 0 fully saturated rings. The molecule has 16 heavy (non-hydrogen) atoms. The summed E-state index contributed by atoms with van der Waals surface area (Å²) in [5, 5.41) is 11.9. The second-order valence-electron chi connectivity index (χ2n) is 4.36. The Balaban J connectivity index is 1.90. The van der Waals surface area contributed by atoms with Gasteiger partial charge in [-0.25, -0.2) is 4.98 Å². The molecule has 2 N–H and O–H groups in total. The lowest BCUT2D eigenvalue weighted by Crippen LogP contribution is -2.38. The molecule has 0 spiro atoms. The van der Waals surface area contributed by atoms with Gasteiger partial charge in [0, 0.05) is 37.3 Å². The fourth-order valence-electron chi connectivity index (χ4n) is 1.99. The molecule has 0 aliphatic carbocycles. The normalized spacial score (nSPS) is 21.2. The van der Waals surface area contributed by atoms with Crippen LogP contribution in [0.2, 0.25) is 0 Å². The van der Waals surface area contributed by atoms with E-state index in [1.165, 1.54) is 0 Å². The van der Waals surface area contributed by atoms with Crippen molar-refractivity contribution in [2.75, 3.05) is 6.54 Å². The third kappa shape index (κ3) is 2.41. The number of aliphatic hydroxyl groups is 1. The van der Waals surface area contributed by atoms with Crippen LogP contribution in [0.3, 0.4) is 0 Å². The van der Waals surface area contributed by atoms with Gasteiger partial charge in [-0.15, -0.1) is 0 Å². The van der Waals surface area contributed by atoms with E-state index in [0.717, 1.165) is 25.1 Å². The molecule has 0 saturated carbocycles. The van der Waals surface area contributed by atoms with E-state index in [4.69, 9.17) is 5.11 Å². The Bertz CT molecular complexity index is 373. The molecule has 5 nitrogen and oxygen atoms in total. The quantitative estimate of drug-likeness (QED) is 0.754. The fraction of sp³-hybridized carbons (Fsp3) is 0.636. The Hall–Kier alpha value is -1.36. The lowest BCUT2D eigenvalue weighted by molar-refractivity contribution is -0.126. The van der Waals surface area contributed by atoms with Crippen LogP contribution in [0.1, 0.15) is 19.0 Å². The van der Waals surface area contributed by atoms with Gasteiger partial charge in [0.2, 0.25) is 5.91 Å². The highest BCUT2D eigenvalue weighted by Gasteiger charge is 2.24. The molecule has 1 amide bonds. The summed E-state index contributed by atoms with van der Waals surface area (Å²) in [7, 11) is 0. The SMILES string of the molecule is CC(O)CNC(=O)C1CCn2cncc2C1. The van der Waals surface area contributed by atoms with Gasteiger partial charge in [-0.3, -0.25) is 4.79 Å². The Labute approximate surface area is 94.5 Å². The number of nitrogens with one attached hydrogen (secondary N) is 1. The first-order chi connectivity index (χ1) is 7.66. The molecule has 2 heterocycles. The van der Waals surface area contributed by atoms with Crippen LogP contribution < -0.4 is 5.32 Å². The average molecular weight is 223 g/mol. The summed E-state index contributed by atoms with van der Waals surface area (Å²) < 4.78 is 2.08. The van der Waals surface area contributed by atoms with Crippen LogP contribution in [0.25, 0.3) is 0 Å². The molecular weight excluding hydrogens is 206 g/mol. The molecule has 88 valence electrons. The molecule has 1 aliphatic heterocycles. The maximum absolute atomic E-state index is 11.8. The van der Waals surface area contributed by atoms with Crippen molar-refractivity contribution < 1.29 is 9.90 Å². The number of hydrogen-bond acceptors (Lipinski definition) is 3. The minimum absolute atomic E-state index is 0.0166. The van der Waals surface area contributed by atoms with Gasteiger partial charge in [-0.1, -0.05) is 0 Å². The third-order valence-corrected chi connectivity index (χ3v) is 2.92. The smallest absolute Gasteiger partial charge is 0.223 e. The molecule has 0 aromatic carbocycles. The number of aliphatic hydroxyl groups excluding tert-OH is 1. The van der Waals surface area contributed by atoms with Crippen LogP contribution in [0, 0.1) is 5.92 Å². The van der Waals surface area contributed by atoms with Crippen LogP contribution in [-0.2, 0) is 17.8 Å². The van der Waals surface area contributed by atoms with Gasteiger partial charge < -0.3 is 15.0 Å². The predicted molar refractivity (Wildman–Crippen MR) is 58.7 cm³/mol. The van der Waals surface area contributed by atoms with E-state index in [-0.39, 0.29) is 11.8 Å². The fourth-order valence-corrected chi connectivity index (χ4v) is 1.99. The zero-order chi connectivity index (χ0) is 11.5. The standard InChI is InChI=1S/C11H17N3O2/c1-8(15)5-13-11(16)9-2-3-14-7-12-6-10(14)4-9/h6-9,15H,2-5H2,1H3,(H,13,16). The number of imidazole rings is 1. The molecule has 2 atom stereocenters. The molecule has 0 radical (unpaired) electrons. The van der Waals surface area contributed by atoms with Crippen molar-refractivity contribution in [3.63, 3.8) is 0 Å². The van der Waals surface area contributed by atoms with Gasteiger partial charge in [0.05, 0.1) is 12.4 Å². The number of hydrogen-bond donors (Lipinski definition) is 2. The lowest BCUT2D eigenvalue weighted by Gasteiger charge is -2.23. The number of carbonyl (C=O) groups is 1. The summed E-state index contributed by atoms with van der Waals surface area (Å²) in [6, 6.07) is 0. The number of amides is 1. The number of aryl methyl sites for hydroxylation is 1. The first-order valence-corrected chi connectivity index (χ1v) is 5.61. The van der Waals surface area contributed by atoms with Gasteiger partial charge in [-0.2, -0.15) is 0 Å². The summed E-state index contributed by atoms with van der Waals surface area (Å²) in [4.78, 5) is 15.8. The summed E-state index contributed by atoms with van der Waals surface area (Å²) in [5.74, 6) is 0.0521. The Kier molecular flexibility index (Phi) is 3.24. The highest BCUT2D eigenvalue weighted by molar-refractivity contribution is 5.79. The van der Waals surface area contributed by atoms with Crippen molar-refractivity contribution in [3.8, 4) is 0 Å². The third-order valence-electron chi connectivity index (χ3n) is 2.92. The largest absolute Gasteiger partial charge is 0.392 e. The second kappa shape index (κ2) is 4.65. The summed E-state index contributed by atoms with van der Waals surface area (Å²) in [5.41, 5.74) is 1.11. The van der Waals surface area contributed by atoms with Crippen LogP contribution in [0.5, 0.6) is 0 Å². The molecule has 1 aromatic rings. The maximum Gasteiger partial charge on any atom is 0.223 e. The van der Waals surface area contributed by atoms with Crippen LogP contribution in [-0.4, -0.2) is 33.2 Å². The van der Waals surface area contributed by atoms with Gasteiger partial charge in [0.25, 0.3) is 0 Å². The van der Waals surface area contributed by atoms with Crippen molar-refractivity contribution in [2.24, 2.45) is 5.92 Å². The van der Waals surface area contributed by atoms with Crippen molar-refractivity contribution >= 4 is 5.91 Å². The topological polar surface area (TPSA) is 67.2 Å². The van der Waals surface area contributed by atoms with E-state index in [9.17, 15) is 4.79 Å². The van der Waals surface area contributed by atoms with Crippen LogP contribution >= 0.6 is 0 Å². The van der Waals surface area contributed by atoms with Crippen molar-refractivity contribution in [2.45, 2.75) is 32.4 Å². The minimum Gasteiger partial charge on any atom is -0.392 e. The highest BCUT2D eigenvalue weighted by Crippen LogP contribution is 2.19. The number of aromatic nitrogens is 2. The monoisotopic (exact) mass is 223 g/mol. The number of fused-ring (bicyclic) bond motifs is 1. The van der Waals surface area contributed by atoms with E-state index in [2.05, 4.69) is 14.9 Å². The van der Waals surface area contributed by atoms with E-state index in [0.29, 0.717) is 6.54 Å². The molecule has 5 heteroatoms. The number of carbonyl (C=O) groups excluding carboxylic acids is 1. The van der Waals surface area contributed by atoms with E-state index in [1.807, 2.05) is 6.20 Å². The maximum atomic E-state index is 11.8. The number of nitrogens with zero attached hydrogens (tertiary/aromatic N) is 2. The Morgan fingerprint density at radius 3 is 3.38 bits per heavy atom. The first kappa shape index (κ1) is 11.1. The van der Waals surface area contributed by atoms with E-state index >= 15 is 0 Å². The van der Waals surface area contributed by atoms with Gasteiger partial charge in [-0.05, 0) is 13.3 Å². The van der Waals surface area contributed by atoms with Crippen LogP contribution in [0.4, 0.5) is 0 Å². The molecular formula is C11H17N3O2. The van der Waals surface area contributed by atoms with Gasteiger partial charge in [0.15, 0.2) is 0 Å². The van der Waals surface area contributed by atoms with Crippen molar-refractivity contribution in [1.29, 1.82) is 0 Å². The minimum atomic E-state index is -0.488. The van der Waals surface area contributed by atoms with E-state index < -0.39 is 6.10 Å². The van der Waals surface area contributed by atoms with Gasteiger partial charge in [0.1, 0.15) is 0 Å². The van der Waals surface area contributed by atoms with Crippen LogP contribution in [0.15, 0.2) is 12.5 Å². The summed E-state index contributed by atoms with van der Waals surface area (Å²) in [6.07, 6.45) is 4.71. The molecule has 0 saturated heterocycles. The molecule has 1 aliphatic rings. The number of rotatable bonds is 3. The average Bonchev–Trinajstić information content (AvgIpc) is 2.72. The Morgan fingerprint density at radius 2 is 2.62 bits per heavy atom. The summed E-state index contributed by atoms with van der Waals surface area (Å²) in [6.45, 7) is 2.84. The van der Waals surface area contributed by atoms with Crippen molar-refractivity contribution in [1.82, 2.24) is 14.9 Å². The lowest BCUT2D eigenvalue weighted by atomic mass is 9.95. The van der Waals surface area contributed by atoms with Crippen molar-refractivity contribution in [3.05, 3.63) is 18.2 Å².